The quantitative estimate of drug-likeness (QED) is 0.321. The lowest BCUT2D eigenvalue weighted by molar-refractivity contribution is 0.0636. The Morgan fingerprint density at radius 2 is 1.68 bits per heavy atom. The second-order valence-electron chi connectivity index (χ2n) is 8.62. The summed E-state index contributed by atoms with van der Waals surface area (Å²) >= 11 is 0. The molecule has 174 valence electrons. The molecule has 3 aromatic carbocycles. The third-order valence-corrected chi connectivity index (χ3v) is 4.82. The van der Waals surface area contributed by atoms with Gasteiger partial charge in [-0.15, -0.1) is 0 Å². The van der Waals surface area contributed by atoms with Crippen molar-refractivity contribution in [2.45, 2.75) is 26.4 Å². The van der Waals surface area contributed by atoms with E-state index in [1.165, 1.54) is 0 Å². The van der Waals surface area contributed by atoms with Crippen LogP contribution in [-0.4, -0.2) is 23.8 Å². The van der Waals surface area contributed by atoms with Crippen molar-refractivity contribution in [3.8, 4) is 17.2 Å². The van der Waals surface area contributed by atoms with Gasteiger partial charge in [0.1, 0.15) is 28.7 Å². The Balaban J connectivity index is 1.57. The number of anilines is 3. The van der Waals surface area contributed by atoms with Gasteiger partial charge in [-0.05, 0) is 51.1 Å². The number of carbonyl (C=O) groups excluding carboxylic acids is 1. The molecule has 1 heterocycles. The van der Waals surface area contributed by atoms with Crippen LogP contribution in [0.25, 0.3) is 10.8 Å². The summed E-state index contributed by atoms with van der Waals surface area (Å²) < 4.78 is 16.9. The summed E-state index contributed by atoms with van der Waals surface area (Å²) in [4.78, 5) is 16.7. The number of carbonyl (C=O) groups is 1. The normalized spacial score (nSPS) is 11.1. The van der Waals surface area contributed by atoms with Crippen molar-refractivity contribution >= 4 is 34.1 Å². The van der Waals surface area contributed by atoms with Gasteiger partial charge < -0.3 is 19.5 Å². The van der Waals surface area contributed by atoms with E-state index >= 15 is 0 Å². The molecule has 7 nitrogen and oxygen atoms in total. The third kappa shape index (κ3) is 5.75. The number of methoxy groups -OCH3 is 1. The fourth-order valence-corrected chi connectivity index (χ4v) is 3.40. The fraction of sp³-hybridized carbons (Fsp3) is 0.185. The van der Waals surface area contributed by atoms with Crippen LogP contribution in [-0.2, 0) is 4.74 Å². The summed E-state index contributed by atoms with van der Waals surface area (Å²) in [5, 5.41) is 7.79. The predicted octanol–water partition coefficient (Wildman–Crippen LogP) is 7.13. The molecule has 0 unspecified atom stereocenters. The maximum Gasteiger partial charge on any atom is 0.412 e. The van der Waals surface area contributed by atoms with E-state index in [2.05, 4.69) is 15.6 Å². The predicted molar refractivity (Wildman–Crippen MR) is 134 cm³/mol. The highest BCUT2D eigenvalue weighted by Gasteiger charge is 2.17. The molecule has 4 aromatic rings. The van der Waals surface area contributed by atoms with Crippen LogP contribution < -0.4 is 20.1 Å². The lowest BCUT2D eigenvalue weighted by atomic mass is 10.1. The molecule has 0 spiro atoms. The summed E-state index contributed by atoms with van der Waals surface area (Å²) in [5.74, 6) is 2.67. The lowest BCUT2D eigenvalue weighted by Crippen LogP contribution is -2.27. The number of hydrogen-bond acceptors (Lipinski definition) is 6. The van der Waals surface area contributed by atoms with Gasteiger partial charge >= 0.3 is 6.09 Å². The molecule has 0 bridgehead atoms. The molecule has 7 heteroatoms. The largest absolute Gasteiger partial charge is 0.497 e. The van der Waals surface area contributed by atoms with Crippen LogP contribution in [0.5, 0.6) is 17.2 Å². The van der Waals surface area contributed by atoms with Crippen molar-refractivity contribution < 1.29 is 19.0 Å². The van der Waals surface area contributed by atoms with Gasteiger partial charge in [-0.2, -0.15) is 0 Å². The molecule has 0 saturated carbocycles. The molecule has 0 atom stereocenters. The molecule has 0 aliphatic rings. The minimum Gasteiger partial charge on any atom is -0.497 e. The molecule has 0 aliphatic carbocycles. The fourth-order valence-electron chi connectivity index (χ4n) is 3.40. The molecule has 34 heavy (non-hydrogen) atoms. The lowest BCUT2D eigenvalue weighted by Gasteiger charge is -2.20. The van der Waals surface area contributed by atoms with Gasteiger partial charge in [0.15, 0.2) is 0 Å². The van der Waals surface area contributed by atoms with Crippen LogP contribution in [0.15, 0.2) is 79.0 Å². The Morgan fingerprint density at radius 3 is 2.44 bits per heavy atom. The average Bonchev–Trinajstić information content (AvgIpc) is 2.80. The maximum atomic E-state index is 12.3. The molecule has 4 rings (SSSR count). The molecule has 1 aromatic heterocycles. The van der Waals surface area contributed by atoms with Crippen molar-refractivity contribution in [3.63, 3.8) is 0 Å². The number of rotatable bonds is 6. The number of amides is 1. The molecular formula is C27H27N3O4. The SMILES string of the molecule is COc1cccc(Nc2cc(Oc3ccc(NC(=O)OC(C)(C)C)c4ccccc34)ccn2)c1. The van der Waals surface area contributed by atoms with Gasteiger partial charge in [-0.3, -0.25) is 5.32 Å². The van der Waals surface area contributed by atoms with Gasteiger partial charge in [0.2, 0.25) is 0 Å². The second-order valence-corrected chi connectivity index (χ2v) is 8.62. The smallest absolute Gasteiger partial charge is 0.412 e. The molecule has 0 aliphatic heterocycles. The zero-order valence-corrected chi connectivity index (χ0v) is 19.6. The van der Waals surface area contributed by atoms with Crippen molar-refractivity contribution in [3.05, 3.63) is 79.0 Å². The number of ether oxygens (including phenoxy) is 3. The number of benzene rings is 3. The van der Waals surface area contributed by atoms with Crippen molar-refractivity contribution in [2.24, 2.45) is 0 Å². The zero-order valence-electron chi connectivity index (χ0n) is 19.6. The standard InChI is InChI=1S/C27H27N3O4/c1-27(2,3)34-26(31)30-23-12-13-24(22-11-6-5-10-21(22)23)33-20-14-15-28-25(17-20)29-18-8-7-9-19(16-18)32-4/h5-17H,1-4H3,(H,28,29)(H,30,31). The first-order valence-electron chi connectivity index (χ1n) is 10.9. The first kappa shape index (κ1) is 22.9. The van der Waals surface area contributed by atoms with Crippen LogP contribution in [0.1, 0.15) is 20.8 Å². The number of fused-ring (bicyclic) bond motifs is 1. The topological polar surface area (TPSA) is 81.7 Å². The monoisotopic (exact) mass is 457 g/mol. The minimum absolute atomic E-state index is 0.506. The Hall–Kier alpha value is -4.26. The van der Waals surface area contributed by atoms with E-state index in [0.29, 0.717) is 23.0 Å². The summed E-state index contributed by atoms with van der Waals surface area (Å²) in [7, 11) is 1.63. The third-order valence-electron chi connectivity index (χ3n) is 4.82. The Labute approximate surface area is 198 Å². The van der Waals surface area contributed by atoms with E-state index in [1.807, 2.05) is 81.4 Å². The first-order valence-corrected chi connectivity index (χ1v) is 10.9. The highest BCUT2D eigenvalue weighted by molar-refractivity contribution is 6.02. The number of hydrogen-bond donors (Lipinski definition) is 2. The number of pyridine rings is 1. The molecular weight excluding hydrogens is 430 g/mol. The maximum absolute atomic E-state index is 12.3. The first-order chi connectivity index (χ1) is 16.3. The molecule has 0 saturated heterocycles. The van der Waals surface area contributed by atoms with Crippen LogP contribution in [0.3, 0.4) is 0 Å². The van der Waals surface area contributed by atoms with Crippen molar-refractivity contribution in [2.75, 3.05) is 17.7 Å². The van der Waals surface area contributed by atoms with Gasteiger partial charge in [0.05, 0.1) is 12.8 Å². The average molecular weight is 458 g/mol. The number of aromatic nitrogens is 1. The van der Waals surface area contributed by atoms with Crippen LogP contribution in [0.4, 0.5) is 22.0 Å². The van der Waals surface area contributed by atoms with E-state index in [0.717, 1.165) is 22.2 Å². The minimum atomic E-state index is -0.582. The summed E-state index contributed by atoms with van der Waals surface area (Å²) in [6, 6.07) is 22.6. The highest BCUT2D eigenvalue weighted by Crippen LogP contribution is 2.35. The molecule has 0 fully saturated rings. The molecule has 1 amide bonds. The number of nitrogens with zero attached hydrogens (tertiary/aromatic N) is 1. The zero-order chi connectivity index (χ0) is 24.1. The van der Waals surface area contributed by atoms with Crippen LogP contribution in [0, 0.1) is 0 Å². The Morgan fingerprint density at radius 1 is 0.882 bits per heavy atom. The summed E-state index contributed by atoms with van der Waals surface area (Å²) in [6.07, 6.45) is 1.17. The summed E-state index contributed by atoms with van der Waals surface area (Å²) in [5.41, 5.74) is 0.917. The van der Waals surface area contributed by atoms with E-state index in [4.69, 9.17) is 14.2 Å². The van der Waals surface area contributed by atoms with E-state index in [-0.39, 0.29) is 0 Å². The van der Waals surface area contributed by atoms with Crippen LogP contribution in [0.2, 0.25) is 0 Å². The van der Waals surface area contributed by atoms with Crippen LogP contribution >= 0.6 is 0 Å². The van der Waals surface area contributed by atoms with E-state index in [1.54, 1.807) is 25.4 Å². The van der Waals surface area contributed by atoms with E-state index in [9.17, 15) is 4.79 Å². The van der Waals surface area contributed by atoms with Gasteiger partial charge in [-0.1, -0.05) is 30.3 Å². The summed E-state index contributed by atoms with van der Waals surface area (Å²) in [6.45, 7) is 5.48. The Kier molecular flexibility index (Phi) is 6.54. The van der Waals surface area contributed by atoms with Gasteiger partial charge in [0, 0.05) is 34.8 Å². The molecule has 0 radical (unpaired) electrons. The van der Waals surface area contributed by atoms with Gasteiger partial charge in [-0.25, -0.2) is 9.78 Å². The van der Waals surface area contributed by atoms with Gasteiger partial charge in [0.25, 0.3) is 0 Å². The Bertz CT molecular complexity index is 1310. The second kappa shape index (κ2) is 9.70. The number of nitrogens with one attached hydrogen (secondary N) is 2. The van der Waals surface area contributed by atoms with E-state index < -0.39 is 11.7 Å². The van der Waals surface area contributed by atoms with Crippen molar-refractivity contribution in [1.82, 2.24) is 4.98 Å². The highest BCUT2D eigenvalue weighted by atomic mass is 16.6. The molecule has 2 N–H and O–H groups in total. The van der Waals surface area contributed by atoms with Crippen molar-refractivity contribution in [1.29, 1.82) is 0 Å².